The van der Waals surface area contributed by atoms with Crippen LogP contribution in [0.2, 0.25) is 0 Å². The summed E-state index contributed by atoms with van der Waals surface area (Å²) in [5.74, 6) is -0.250. The Morgan fingerprint density at radius 2 is 2.20 bits per heavy atom. The monoisotopic (exact) mass is 203 g/mol. The number of carbonyl (C=O) groups excluding carboxylic acids is 1. The summed E-state index contributed by atoms with van der Waals surface area (Å²) in [7, 11) is 0. The maximum Gasteiger partial charge on any atom is 0.339 e. The molecule has 2 aromatic rings. The van der Waals surface area contributed by atoms with Crippen molar-refractivity contribution >= 4 is 16.9 Å². The molecule has 0 unspecified atom stereocenters. The normalized spacial score (nSPS) is 10.5. The van der Waals surface area contributed by atoms with E-state index >= 15 is 0 Å². The molecule has 1 heterocycles. The van der Waals surface area contributed by atoms with Crippen LogP contribution < -0.4 is 0 Å². The summed E-state index contributed by atoms with van der Waals surface area (Å²) >= 11 is 0. The van der Waals surface area contributed by atoms with Crippen LogP contribution in [-0.2, 0) is 4.74 Å². The molecule has 0 spiro atoms. The van der Waals surface area contributed by atoms with Crippen LogP contribution in [0.5, 0.6) is 0 Å². The predicted molar refractivity (Wildman–Crippen MR) is 59.0 cm³/mol. The van der Waals surface area contributed by atoms with Gasteiger partial charge >= 0.3 is 5.97 Å². The number of aromatic amines is 1. The quantitative estimate of drug-likeness (QED) is 0.762. The molecule has 0 radical (unpaired) electrons. The van der Waals surface area contributed by atoms with E-state index in [0.29, 0.717) is 12.2 Å². The average Bonchev–Trinajstić information content (AvgIpc) is 2.65. The van der Waals surface area contributed by atoms with Crippen LogP contribution in [0.3, 0.4) is 0 Å². The highest BCUT2D eigenvalue weighted by Gasteiger charge is 2.14. The van der Waals surface area contributed by atoms with Crippen molar-refractivity contribution in [2.24, 2.45) is 0 Å². The molecule has 1 aromatic heterocycles. The third kappa shape index (κ3) is 1.61. The van der Waals surface area contributed by atoms with Gasteiger partial charge in [-0.15, -0.1) is 0 Å². The van der Waals surface area contributed by atoms with E-state index in [1.54, 1.807) is 0 Å². The van der Waals surface area contributed by atoms with E-state index in [2.05, 4.69) is 4.98 Å². The van der Waals surface area contributed by atoms with Gasteiger partial charge in [-0.25, -0.2) is 4.79 Å². The van der Waals surface area contributed by atoms with Crippen LogP contribution in [0.1, 0.15) is 22.8 Å². The van der Waals surface area contributed by atoms with Crippen LogP contribution in [0.4, 0.5) is 0 Å². The van der Waals surface area contributed by atoms with Gasteiger partial charge in [-0.3, -0.25) is 0 Å². The first kappa shape index (κ1) is 9.77. The number of H-pyrrole nitrogens is 1. The number of hydrogen-bond acceptors (Lipinski definition) is 2. The Morgan fingerprint density at radius 1 is 1.40 bits per heavy atom. The molecule has 0 fully saturated rings. The minimum Gasteiger partial charge on any atom is -0.462 e. The Balaban J connectivity index is 2.61. The first-order valence-corrected chi connectivity index (χ1v) is 4.98. The lowest BCUT2D eigenvalue weighted by Crippen LogP contribution is -2.07. The molecule has 0 amide bonds. The van der Waals surface area contributed by atoms with Gasteiger partial charge in [0.2, 0.25) is 0 Å². The van der Waals surface area contributed by atoms with Gasteiger partial charge in [-0.05, 0) is 31.5 Å². The van der Waals surface area contributed by atoms with Crippen molar-refractivity contribution in [3.63, 3.8) is 0 Å². The van der Waals surface area contributed by atoms with Crippen LogP contribution in [0.25, 0.3) is 10.9 Å². The van der Waals surface area contributed by atoms with Crippen molar-refractivity contribution in [1.82, 2.24) is 4.98 Å². The SMILES string of the molecule is CCOC(=O)c1c(C)ccc2[nH]ccc12. The molecule has 78 valence electrons. The van der Waals surface area contributed by atoms with Crippen molar-refractivity contribution in [3.8, 4) is 0 Å². The molecule has 1 N–H and O–H groups in total. The third-order valence-electron chi connectivity index (χ3n) is 2.42. The first-order valence-electron chi connectivity index (χ1n) is 4.98. The Morgan fingerprint density at radius 3 is 2.93 bits per heavy atom. The second-order valence-corrected chi connectivity index (χ2v) is 3.42. The molecule has 0 aliphatic carbocycles. The van der Waals surface area contributed by atoms with Crippen LogP contribution in [0, 0.1) is 6.92 Å². The summed E-state index contributed by atoms with van der Waals surface area (Å²) in [6, 6.07) is 5.78. The number of esters is 1. The largest absolute Gasteiger partial charge is 0.462 e. The fraction of sp³-hybridized carbons (Fsp3) is 0.250. The molecule has 3 nitrogen and oxygen atoms in total. The molecule has 0 aliphatic rings. The zero-order valence-electron chi connectivity index (χ0n) is 8.83. The summed E-state index contributed by atoms with van der Waals surface area (Å²) in [5, 5.41) is 0.924. The van der Waals surface area contributed by atoms with Crippen LogP contribution >= 0.6 is 0 Å². The smallest absolute Gasteiger partial charge is 0.339 e. The van der Waals surface area contributed by atoms with Gasteiger partial charge in [0.1, 0.15) is 0 Å². The number of aromatic nitrogens is 1. The summed E-state index contributed by atoms with van der Waals surface area (Å²) in [4.78, 5) is 14.8. The van der Waals surface area contributed by atoms with Gasteiger partial charge in [0.15, 0.2) is 0 Å². The van der Waals surface area contributed by atoms with Gasteiger partial charge in [0.25, 0.3) is 0 Å². The van der Waals surface area contributed by atoms with E-state index in [1.807, 2.05) is 38.2 Å². The summed E-state index contributed by atoms with van der Waals surface area (Å²) in [6.45, 7) is 4.13. The van der Waals surface area contributed by atoms with Gasteiger partial charge in [0, 0.05) is 17.1 Å². The lowest BCUT2D eigenvalue weighted by atomic mass is 10.0. The highest BCUT2D eigenvalue weighted by Crippen LogP contribution is 2.21. The molecule has 15 heavy (non-hydrogen) atoms. The van der Waals surface area contributed by atoms with Crippen molar-refractivity contribution in [1.29, 1.82) is 0 Å². The minimum absolute atomic E-state index is 0.250. The van der Waals surface area contributed by atoms with E-state index in [9.17, 15) is 4.79 Å². The molecular formula is C12H13NO2. The van der Waals surface area contributed by atoms with Gasteiger partial charge in [-0.2, -0.15) is 0 Å². The van der Waals surface area contributed by atoms with Crippen molar-refractivity contribution in [3.05, 3.63) is 35.5 Å². The molecule has 0 atom stereocenters. The number of rotatable bonds is 2. The minimum atomic E-state index is -0.250. The van der Waals surface area contributed by atoms with Gasteiger partial charge in [-0.1, -0.05) is 6.07 Å². The van der Waals surface area contributed by atoms with Crippen molar-refractivity contribution < 1.29 is 9.53 Å². The number of aryl methyl sites for hydroxylation is 1. The second kappa shape index (κ2) is 3.77. The molecule has 0 bridgehead atoms. The summed E-state index contributed by atoms with van der Waals surface area (Å²) in [5.41, 5.74) is 2.57. The number of hydrogen-bond donors (Lipinski definition) is 1. The highest BCUT2D eigenvalue weighted by atomic mass is 16.5. The molecule has 2 rings (SSSR count). The maximum atomic E-state index is 11.7. The van der Waals surface area contributed by atoms with Gasteiger partial charge < -0.3 is 9.72 Å². The fourth-order valence-electron chi connectivity index (χ4n) is 1.72. The zero-order valence-corrected chi connectivity index (χ0v) is 8.83. The molecular weight excluding hydrogens is 190 g/mol. The first-order chi connectivity index (χ1) is 7.24. The Bertz CT molecular complexity index is 499. The summed E-state index contributed by atoms with van der Waals surface area (Å²) in [6.07, 6.45) is 1.83. The fourth-order valence-corrected chi connectivity index (χ4v) is 1.72. The third-order valence-corrected chi connectivity index (χ3v) is 2.42. The number of ether oxygens (including phenoxy) is 1. The van der Waals surface area contributed by atoms with E-state index in [-0.39, 0.29) is 5.97 Å². The van der Waals surface area contributed by atoms with Crippen molar-refractivity contribution in [2.75, 3.05) is 6.61 Å². The van der Waals surface area contributed by atoms with Crippen LogP contribution in [-0.4, -0.2) is 17.6 Å². The lowest BCUT2D eigenvalue weighted by Gasteiger charge is -2.06. The Kier molecular flexibility index (Phi) is 2.46. The molecule has 1 aromatic carbocycles. The van der Waals surface area contributed by atoms with E-state index in [1.165, 1.54) is 0 Å². The summed E-state index contributed by atoms with van der Waals surface area (Å²) < 4.78 is 5.03. The number of nitrogens with one attached hydrogen (secondary N) is 1. The average molecular weight is 203 g/mol. The maximum absolute atomic E-state index is 11.7. The lowest BCUT2D eigenvalue weighted by molar-refractivity contribution is 0.0528. The number of carbonyl (C=O) groups is 1. The molecule has 0 saturated heterocycles. The second-order valence-electron chi connectivity index (χ2n) is 3.42. The number of benzene rings is 1. The van der Waals surface area contributed by atoms with Gasteiger partial charge in [0.05, 0.1) is 12.2 Å². The molecule has 3 heteroatoms. The topological polar surface area (TPSA) is 42.1 Å². The van der Waals surface area contributed by atoms with E-state index in [0.717, 1.165) is 16.5 Å². The van der Waals surface area contributed by atoms with Crippen LogP contribution in [0.15, 0.2) is 24.4 Å². The molecule has 0 saturated carbocycles. The highest BCUT2D eigenvalue weighted by molar-refractivity contribution is 6.05. The molecule has 0 aliphatic heterocycles. The van der Waals surface area contributed by atoms with Crippen molar-refractivity contribution in [2.45, 2.75) is 13.8 Å². The Labute approximate surface area is 88.1 Å². The van der Waals surface area contributed by atoms with E-state index < -0.39 is 0 Å². The standard InChI is InChI=1S/C12H13NO2/c1-3-15-12(14)11-8(2)4-5-10-9(11)6-7-13-10/h4-7,13H,3H2,1-2H3. The number of fused-ring (bicyclic) bond motifs is 1. The van der Waals surface area contributed by atoms with E-state index in [4.69, 9.17) is 4.74 Å². The zero-order chi connectivity index (χ0) is 10.8. The predicted octanol–water partition coefficient (Wildman–Crippen LogP) is 2.65. The Hall–Kier alpha value is -1.77.